The average Bonchev–Trinajstić information content (AvgIpc) is 2.91. The number of carbonyl (C=O) groups is 1. The lowest BCUT2D eigenvalue weighted by atomic mass is 10.2. The highest BCUT2D eigenvalue weighted by molar-refractivity contribution is 8.00. The molecule has 6 nitrogen and oxygen atoms in total. The fraction of sp³-hybridized carbons (Fsp3) is 0.143. The molecule has 2 heterocycles. The molecule has 8 heteroatoms. The second-order valence-corrected chi connectivity index (χ2v) is 6.37. The number of benzene rings is 1. The number of nitrogens with zero attached hydrogens (tertiary/aromatic N) is 4. The Labute approximate surface area is 135 Å². The Kier molecular flexibility index (Phi) is 4.00. The van der Waals surface area contributed by atoms with Crippen molar-refractivity contribution in [2.24, 2.45) is 0 Å². The van der Waals surface area contributed by atoms with Gasteiger partial charge in [-0.1, -0.05) is 23.4 Å². The van der Waals surface area contributed by atoms with Crippen LogP contribution in [0.4, 0.5) is 0 Å². The normalized spacial score (nSPS) is 12.5. The first-order chi connectivity index (χ1) is 10.5. The van der Waals surface area contributed by atoms with E-state index in [4.69, 9.17) is 16.7 Å². The number of carboxylic acids is 1. The van der Waals surface area contributed by atoms with Crippen LogP contribution in [-0.2, 0) is 4.79 Å². The number of aromatic nitrogens is 4. The third-order valence-electron chi connectivity index (χ3n) is 2.99. The highest BCUT2D eigenvalue weighted by Crippen LogP contribution is 2.24. The number of fused-ring (bicyclic) bond motifs is 1. The molecule has 1 atom stereocenters. The summed E-state index contributed by atoms with van der Waals surface area (Å²) in [6.07, 6.45) is 0. The van der Waals surface area contributed by atoms with E-state index in [0.29, 0.717) is 21.5 Å². The van der Waals surface area contributed by atoms with Gasteiger partial charge in [-0.15, -0.1) is 10.2 Å². The molecule has 1 unspecified atom stereocenters. The summed E-state index contributed by atoms with van der Waals surface area (Å²) in [6, 6.07) is 10.7. The standard InChI is InChI=1S/C14H11ClN4O2S/c1-8(14(20)21)22-12-7-6-11-16-17-13(19(11)18-12)9-2-4-10(15)5-3-9/h2-8H,1H3,(H,20,21). The summed E-state index contributed by atoms with van der Waals surface area (Å²) in [5.74, 6) is -0.300. The van der Waals surface area contributed by atoms with Crippen molar-refractivity contribution < 1.29 is 9.90 Å². The number of thioether (sulfide) groups is 1. The molecule has 0 saturated heterocycles. The van der Waals surface area contributed by atoms with E-state index in [0.717, 1.165) is 5.56 Å². The van der Waals surface area contributed by atoms with E-state index in [9.17, 15) is 4.79 Å². The van der Waals surface area contributed by atoms with Gasteiger partial charge >= 0.3 is 5.97 Å². The molecule has 0 spiro atoms. The summed E-state index contributed by atoms with van der Waals surface area (Å²) >= 11 is 7.05. The Morgan fingerprint density at radius 2 is 1.95 bits per heavy atom. The topological polar surface area (TPSA) is 80.4 Å². The Balaban J connectivity index is 2.01. The predicted molar refractivity (Wildman–Crippen MR) is 84.2 cm³/mol. The Morgan fingerprint density at radius 1 is 1.23 bits per heavy atom. The Morgan fingerprint density at radius 3 is 2.64 bits per heavy atom. The SMILES string of the molecule is CC(Sc1ccc2nnc(-c3ccc(Cl)cc3)n2n1)C(=O)O. The van der Waals surface area contributed by atoms with Gasteiger partial charge in [0.05, 0.1) is 0 Å². The molecule has 0 aliphatic rings. The minimum atomic E-state index is -0.881. The molecule has 0 saturated carbocycles. The van der Waals surface area contributed by atoms with E-state index in [1.807, 2.05) is 12.1 Å². The van der Waals surface area contributed by atoms with E-state index in [1.54, 1.807) is 35.7 Å². The van der Waals surface area contributed by atoms with E-state index in [2.05, 4.69) is 15.3 Å². The highest BCUT2D eigenvalue weighted by Gasteiger charge is 2.15. The molecule has 1 N–H and O–H groups in total. The maximum absolute atomic E-state index is 10.9. The van der Waals surface area contributed by atoms with Gasteiger partial charge in [-0.2, -0.15) is 9.61 Å². The first kappa shape index (κ1) is 14.8. The summed E-state index contributed by atoms with van der Waals surface area (Å²) < 4.78 is 1.60. The van der Waals surface area contributed by atoms with Crippen LogP contribution in [0.1, 0.15) is 6.92 Å². The first-order valence-electron chi connectivity index (χ1n) is 6.42. The van der Waals surface area contributed by atoms with Gasteiger partial charge < -0.3 is 5.11 Å². The number of carboxylic acid groups (broad SMARTS) is 1. The van der Waals surface area contributed by atoms with Crippen LogP contribution < -0.4 is 0 Å². The van der Waals surface area contributed by atoms with Gasteiger partial charge in [0.15, 0.2) is 11.5 Å². The summed E-state index contributed by atoms with van der Waals surface area (Å²) in [6.45, 7) is 1.62. The van der Waals surface area contributed by atoms with Gasteiger partial charge in [0.1, 0.15) is 10.3 Å². The van der Waals surface area contributed by atoms with Crippen LogP contribution in [0.3, 0.4) is 0 Å². The van der Waals surface area contributed by atoms with Gasteiger partial charge in [-0.3, -0.25) is 4.79 Å². The van der Waals surface area contributed by atoms with Crippen LogP contribution in [0, 0.1) is 0 Å². The van der Waals surface area contributed by atoms with Crippen molar-refractivity contribution in [3.63, 3.8) is 0 Å². The summed E-state index contributed by atoms with van der Waals surface area (Å²) in [5, 5.41) is 22.2. The van der Waals surface area contributed by atoms with Crippen LogP contribution in [0.15, 0.2) is 41.4 Å². The molecule has 112 valence electrons. The van der Waals surface area contributed by atoms with Crippen molar-refractivity contribution in [1.29, 1.82) is 0 Å². The van der Waals surface area contributed by atoms with Gasteiger partial charge in [-0.05, 0) is 43.3 Å². The van der Waals surface area contributed by atoms with Crippen LogP contribution in [0.5, 0.6) is 0 Å². The molecular formula is C14H11ClN4O2S. The Hall–Kier alpha value is -2.12. The lowest BCUT2D eigenvalue weighted by Gasteiger charge is -2.06. The molecule has 0 aliphatic heterocycles. The molecule has 0 fully saturated rings. The molecule has 1 aromatic carbocycles. The monoisotopic (exact) mass is 334 g/mol. The van der Waals surface area contributed by atoms with Gasteiger partial charge in [-0.25, -0.2) is 0 Å². The van der Waals surface area contributed by atoms with E-state index in [1.165, 1.54) is 11.8 Å². The third kappa shape index (κ3) is 2.90. The first-order valence-corrected chi connectivity index (χ1v) is 7.68. The number of hydrogen-bond donors (Lipinski definition) is 1. The van der Waals surface area contributed by atoms with Crippen LogP contribution >= 0.6 is 23.4 Å². The number of hydrogen-bond acceptors (Lipinski definition) is 5. The number of rotatable bonds is 4. The molecule has 0 aliphatic carbocycles. The molecule has 2 aromatic heterocycles. The zero-order chi connectivity index (χ0) is 15.7. The predicted octanol–water partition coefficient (Wildman–Crippen LogP) is 3.01. The van der Waals surface area contributed by atoms with Gasteiger partial charge in [0.25, 0.3) is 0 Å². The summed E-state index contributed by atoms with van der Waals surface area (Å²) in [4.78, 5) is 10.9. The molecule has 22 heavy (non-hydrogen) atoms. The minimum absolute atomic E-state index is 0.581. The molecule has 3 rings (SSSR count). The molecule has 0 amide bonds. The summed E-state index contributed by atoms with van der Waals surface area (Å²) in [7, 11) is 0. The van der Waals surface area contributed by atoms with E-state index >= 15 is 0 Å². The van der Waals surface area contributed by atoms with Crippen LogP contribution in [0.25, 0.3) is 17.0 Å². The van der Waals surface area contributed by atoms with Crippen LogP contribution in [0.2, 0.25) is 5.02 Å². The number of aliphatic carboxylic acids is 1. The molecular weight excluding hydrogens is 324 g/mol. The largest absolute Gasteiger partial charge is 0.480 e. The molecule has 3 aromatic rings. The zero-order valence-electron chi connectivity index (χ0n) is 11.5. The zero-order valence-corrected chi connectivity index (χ0v) is 13.0. The van der Waals surface area contributed by atoms with Gasteiger partial charge in [0, 0.05) is 10.6 Å². The summed E-state index contributed by atoms with van der Waals surface area (Å²) in [5.41, 5.74) is 1.43. The quantitative estimate of drug-likeness (QED) is 0.739. The minimum Gasteiger partial charge on any atom is -0.480 e. The number of halogens is 1. The van der Waals surface area contributed by atoms with Crippen molar-refractivity contribution in [3.05, 3.63) is 41.4 Å². The van der Waals surface area contributed by atoms with E-state index in [-0.39, 0.29) is 0 Å². The highest BCUT2D eigenvalue weighted by atomic mass is 35.5. The Bertz CT molecular complexity index is 834. The molecule has 0 bridgehead atoms. The van der Waals surface area contributed by atoms with E-state index < -0.39 is 11.2 Å². The van der Waals surface area contributed by atoms with Gasteiger partial charge in [0.2, 0.25) is 0 Å². The van der Waals surface area contributed by atoms with Crippen molar-refractivity contribution in [1.82, 2.24) is 19.8 Å². The third-order valence-corrected chi connectivity index (χ3v) is 4.25. The fourth-order valence-corrected chi connectivity index (χ4v) is 2.71. The second-order valence-electron chi connectivity index (χ2n) is 4.57. The maximum atomic E-state index is 10.9. The molecule has 0 radical (unpaired) electrons. The smallest absolute Gasteiger partial charge is 0.316 e. The van der Waals surface area contributed by atoms with Crippen LogP contribution in [-0.4, -0.2) is 36.1 Å². The van der Waals surface area contributed by atoms with Crippen molar-refractivity contribution in [2.75, 3.05) is 0 Å². The van der Waals surface area contributed by atoms with Crippen molar-refractivity contribution in [2.45, 2.75) is 17.2 Å². The second kappa shape index (κ2) is 5.94. The van der Waals surface area contributed by atoms with Crippen molar-refractivity contribution >= 4 is 35.0 Å². The average molecular weight is 335 g/mol. The maximum Gasteiger partial charge on any atom is 0.316 e. The lowest BCUT2D eigenvalue weighted by Crippen LogP contribution is -2.11. The lowest BCUT2D eigenvalue weighted by molar-refractivity contribution is -0.136. The van der Waals surface area contributed by atoms with Crippen molar-refractivity contribution in [3.8, 4) is 11.4 Å². The fourth-order valence-electron chi connectivity index (χ4n) is 1.85.